The second kappa shape index (κ2) is 6.59. The van der Waals surface area contributed by atoms with Gasteiger partial charge in [0.2, 0.25) is 0 Å². The van der Waals surface area contributed by atoms with Gasteiger partial charge in [0.05, 0.1) is 0 Å². The number of hydrogen-bond donors (Lipinski definition) is 0. The minimum absolute atomic E-state index is 0.0785. The van der Waals surface area contributed by atoms with Crippen LogP contribution in [0.5, 0.6) is 11.5 Å². The molecule has 0 aliphatic carbocycles. The fourth-order valence-electron chi connectivity index (χ4n) is 1.22. The van der Waals surface area contributed by atoms with Crippen LogP contribution in [-0.2, 0) is 13.5 Å². The normalized spacial score (nSPS) is 11.2. The molecule has 1 aromatic rings. The third-order valence-corrected chi connectivity index (χ3v) is 3.60. The molecule has 0 aliphatic rings. The van der Waals surface area contributed by atoms with Crippen molar-refractivity contribution in [1.29, 1.82) is 0 Å². The molecule has 1 aromatic carbocycles. The van der Waals surface area contributed by atoms with Crippen molar-refractivity contribution < 1.29 is 23.0 Å². The summed E-state index contributed by atoms with van der Waals surface area (Å²) in [6.45, 7) is 3.93. The van der Waals surface area contributed by atoms with Gasteiger partial charge in [-0.2, -0.15) is 0 Å². The van der Waals surface area contributed by atoms with Crippen molar-refractivity contribution >= 4 is 24.0 Å². The van der Waals surface area contributed by atoms with Crippen LogP contribution in [0, 0.1) is 0 Å². The zero-order valence-corrected chi connectivity index (χ0v) is 12.6. The van der Waals surface area contributed by atoms with Gasteiger partial charge in [-0.15, -0.1) is 0 Å². The molecular weight excluding hydrogens is 336 g/mol. The summed E-state index contributed by atoms with van der Waals surface area (Å²) < 4.78 is 12.8. The molecule has 0 atom stereocenters. The Bertz CT molecular complexity index is 388. The number of methoxy groups -OCH3 is 1. The molecule has 0 spiro atoms. The molecule has 92 valence electrons. The number of para-hydroxylation sites is 1. The third kappa shape index (κ3) is 4.05. The molecule has 0 heterocycles. The van der Waals surface area contributed by atoms with E-state index in [9.17, 15) is 0 Å². The molecule has 5 heteroatoms. The van der Waals surface area contributed by atoms with Crippen molar-refractivity contribution in [2.45, 2.75) is 20.0 Å². The van der Waals surface area contributed by atoms with Crippen molar-refractivity contribution in [2.75, 3.05) is 7.11 Å². The van der Waals surface area contributed by atoms with Crippen LogP contribution >= 0.6 is 19.4 Å². The first-order valence-corrected chi connectivity index (χ1v) is 10.2. The molecule has 0 fully saturated rings. The van der Waals surface area contributed by atoms with Crippen LogP contribution in [0.2, 0.25) is 0 Å². The maximum atomic E-state index is 5.87. The summed E-state index contributed by atoms with van der Waals surface area (Å²) in [5.74, 6) is 1.41. The Morgan fingerprint density at radius 1 is 1.31 bits per heavy atom. The third-order valence-electron chi connectivity index (χ3n) is 1.77. The number of ether oxygens (including phenoxy) is 2. The van der Waals surface area contributed by atoms with Gasteiger partial charge >= 0.3 is 109 Å². The summed E-state index contributed by atoms with van der Waals surface area (Å²) in [6.07, 6.45) is 0.0785. The van der Waals surface area contributed by atoms with Crippen LogP contribution < -0.4 is 9.47 Å². The average Bonchev–Trinajstić information content (AvgIpc) is 2.19. The quantitative estimate of drug-likeness (QED) is 0.773. The Kier molecular flexibility index (Phi) is 5.74. The summed E-state index contributed by atoms with van der Waals surface area (Å²) in [5, 5.41) is 0. The van der Waals surface area contributed by atoms with Crippen LogP contribution in [0.4, 0.5) is 0 Å². The van der Waals surface area contributed by atoms with Gasteiger partial charge in [0.25, 0.3) is 0 Å². The molecule has 0 aromatic heterocycles. The van der Waals surface area contributed by atoms with E-state index in [1.807, 2.05) is 36.7 Å². The van der Waals surface area contributed by atoms with Crippen LogP contribution in [0.15, 0.2) is 18.2 Å². The molecule has 0 amide bonds. The SMILES string of the molecule is COc1cccc([CH]=[Ru]([Cl])[Cl])c1OC(C)C. The first-order chi connectivity index (χ1) is 7.54. The summed E-state index contributed by atoms with van der Waals surface area (Å²) >= 11 is -1.86. The standard InChI is InChI=1S/C11H14O2.2ClH.Ru/c1-8(2)13-11-9(3)6-5-7-10(11)12-4;;;/h3,5-8H,1-2,4H3;2*1H;/q;;;+2/p-2. The van der Waals surface area contributed by atoms with Crippen molar-refractivity contribution in [1.82, 2.24) is 0 Å². The number of benzene rings is 1. The van der Waals surface area contributed by atoms with Gasteiger partial charge in [0.1, 0.15) is 0 Å². The summed E-state index contributed by atoms with van der Waals surface area (Å²) in [7, 11) is 13.4. The molecule has 0 bridgehead atoms. The fraction of sp³-hybridized carbons (Fsp3) is 0.364. The van der Waals surface area contributed by atoms with E-state index in [1.165, 1.54) is 0 Å². The molecule has 2 nitrogen and oxygen atoms in total. The zero-order chi connectivity index (χ0) is 12.1. The molecule has 0 saturated carbocycles. The molecule has 0 radical (unpaired) electrons. The van der Waals surface area contributed by atoms with Crippen LogP contribution in [-0.4, -0.2) is 17.8 Å². The number of rotatable bonds is 4. The predicted octanol–water partition coefficient (Wildman–Crippen LogP) is 3.56. The van der Waals surface area contributed by atoms with Crippen LogP contribution in [0.1, 0.15) is 19.4 Å². The van der Waals surface area contributed by atoms with Gasteiger partial charge in [-0.05, 0) is 0 Å². The first kappa shape index (κ1) is 14.0. The summed E-state index contributed by atoms with van der Waals surface area (Å²) in [6, 6.07) is 5.67. The van der Waals surface area contributed by atoms with E-state index in [0.29, 0.717) is 11.5 Å². The van der Waals surface area contributed by atoms with E-state index >= 15 is 0 Å². The maximum absolute atomic E-state index is 5.87. The molecular formula is C11H14Cl2O2Ru. The van der Waals surface area contributed by atoms with Crippen LogP contribution in [0.25, 0.3) is 0 Å². The van der Waals surface area contributed by atoms with Crippen molar-refractivity contribution in [2.24, 2.45) is 0 Å². The van der Waals surface area contributed by atoms with E-state index in [4.69, 9.17) is 28.9 Å². The molecule has 0 saturated heterocycles. The second-order valence-electron chi connectivity index (χ2n) is 3.35. The summed E-state index contributed by atoms with van der Waals surface area (Å²) in [4.78, 5) is 0. The van der Waals surface area contributed by atoms with E-state index in [-0.39, 0.29) is 6.10 Å². The molecule has 0 unspecified atom stereocenters. The van der Waals surface area contributed by atoms with Crippen LogP contribution in [0.3, 0.4) is 0 Å². The topological polar surface area (TPSA) is 18.5 Å². The monoisotopic (exact) mass is 350 g/mol. The Morgan fingerprint density at radius 3 is 2.50 bits per heavy atom. The fourth-order valence-corrected chi connectivity index (χ4v) is 3.01. The van der Waals surface area contributed by atoms with E-state index in [1.54, 1.807) is 7.11 Å². The molecule has 16 heavy (non-hydrogen) atoms. The number of hydrogen-bond acceptors (Lipinski definition) is 2. The van der Waals surface area contributed by atoms with Gasteiger partial charge in [-0.25, -0.2) is 0 Å². The average molecular weight is 350 g/mol. The van der Waals surface area contributed by atoms with Gasteiger partial charge < -0.3 is 0 Å². The first-order valence-electron chi connectivity index (χ1n) is 4.71. The number of halogens is 2. The summed E-state index contributed by atoms with van der Waals surface area (Å²) in [5.41, 5.74) is 0.900. The van der Waals surface area contributed by atoms with E-state index < -0.39 is 13.5 Å². The molecule has 0 N–H and O–H groups in total. The second-order valence-corrected chi connectivity index (χ2v) is 9.08. The minimum atomic E-state index is -1.86. The van der Waals surface area contributed by atoms with Crippen molar-refractivity contribution in [3.63, 3.8) is 0 Å². The molecule has 1 rings (SSSR count). The van der Waals surface area contributed by atoms with Gasteiger partial charge in [0, 0.05) is 0 Å². The Labute approximate surface area is 109 Å². The van der Waals surface area contributed by atoms with Gasteiger partial charge in [-0.3, -0.25) is 0 Å². The zero-order valence-electron chi connectivity index (χ0n) is 9.31. The van der Waals surface area contributed by atoms with Crippen molar-refractivity contribution in [3.8, 4) is 11.5 Å². The van der Waals surface area contributed by atoms with Crippen molar-refractivity contribution in [3.05, 3.63) is 23.8 Å². The Balaban J connectivity index is 3.20. The predicted molar refractivity (Wildman–Crippen MR) is 65.6 cm³/mol. The van der Waals surface area contributed by atoms with Gasteiger partial charge in [0.15, 0.2) is 0 Å². The Hall–Kier alpha value is -0.107. The molecule has 0 aliphatic heterocycles. The van der Waals surface area contributed by atoms with Gasteiger partial charge in [-0.1, -0.05) is 0 Å². The van der Waals surface area contributed by atoms with E-state index in [2.05, 4.69) is 0 Å². The van der Waals surface area contributed by atoms with E-state index in [0.717, 1.165) is 5.56 Å². The Morgan fingerprint density at radius 2 is 2.00 bits per heavy atom.